The van der Waals surface area contributed by atoms with E-state index in [1.807, 2.05) is 6.20 Å². The molecule has 1 aliphatic carbocycles. The number of hydrogen-bond acceptors (Lipinski definition) is 2. The van der Waals surface area contributed by atoms with Crippen molar-refractivity contribution in [3.05, 3.63) is 16.7 Å². The molecule has 1 aromatic heterocycles. The second-order valence-electron chi connectivity index (χ2n) is 3.80. The Bertz CT molecular complexity index is 375. The molecule has 0 bridgehead atoms. The molecule has 0 spiro atoms. The van der Waals surface area contributed by atoms with E-state index in [-0.39, 0.29) is 0 Å². The molecule has 1 fully saturated rings. The largest absolute Gasteiger partial charge is 0.244 e. The zero-order valence-corrected chi connectivity index (χ0v) is 10.2. The number of aromatic nitrogens is 2. The third-order valence-electron chi connectivity index (χ3n) is 2.78. The van der Waals surface area contributed by atoms with Crippen LogP contribution >= 0.6 is 15.9 Å². The lowest BCUT2D eigenvalue weighted by Gasteiger charge is -2.01. The van der Waals surface area contributed by atoms with Crippen molar-refractivity contribution in [3.8, 4) is 0 Å². The maximum absolute atomic E-state index is 4.20. The van der Waals surface area contributed by atoms with Gasteiger partial charge in [-0.3, -0.25) is 0 Å². The average molecular weight is 268 g/mol. The number of rotatable bonds is 3. The summed E-state index contributed by atoms with van der Waals surface area (Å²) in [7, 11) is 0. The lowest BCUT2D eigenvalue weighted by molar-refractivity contribution is 0.685. The SMILES string of the molecule is C=Nc1c(Br)cnn1/C=C\C1CCCC1. The minimum absolute atomic E-state index is 0.714. The highest BCUT2D eigenvalue weighted by Crippen LogP contribution is 2.28. The van der Waals surface area contributed by atoms with Crippen LogP contribution in [0.25, 0.3) is 6.20 Å². The zero-order valence-electron chi connectivity index (χ0n) is 8.56. The lowest BCUT2D eigenvalue weighted by Crippen LogP contribution is -1.91. The van der Waals surface area contributed by atoms with Crippen molar-refractivity contribution in [2.24, 2.45) is 10.9 Å². The molecule has 0 radical (unpaired) electrons. The van der Waals surface area contributed by atoms with E-state index in [4.69, 9.17) is 0 Å². The fraction of sp³-hybridized carbons (Fsp3) is 0.455. The molecule has 0 saturated heterocycles. The molecular weight excluding hydrogens is 254 g/mol. The van der Waals surface area contributed by atoms with Gasteiger partial charge in [0.25, 0.3) is 0 Å². The minimum atomic E-state index is 0.714. The Morgan fingerprint density at radius 2 is 2.27 bits per heavy atom. The van der Waals surface area contributed by atoms with Gasteiger partial charge in [-0.1, -0.05) is 18.9 Å². The van der Waals surface area contributed by atoms with Gasteiger partial charge in [-0.15, -0.1) is 0 Å². The van der Waals surface area contributed by atoms with Gasteiger partial charge >= 0.3 is 0 Å². The molecule has 1 saturated carbocycles. The summed E-state index contributed by atoms with van der Waals surface area (Å²) >= 11 is 3.38. The number of hydrogen-bond donors (Lipinski definition) is 0. The number of allylic oxidation sites excluding steroid dienone is 1. The monoisotopic (exact) mass is 267 g/mol. The Hall–Kier alpha value is -0.900. The number of aliphatic imine (C=N–C) groups is 1. The van der Waals surface area contributed by atoms with Gasteiger partial charge in [0.1, 0.15) is 0 Å². The van der Waals surface area contributed by atoms with Crippen molar-refractivity contribution in [1.82, 2.24) is 9.78 Å². The van der Waals surface area contributed by atoms with Crippen LogP contribution in [0.5, 0.6) is 0 Å². The van der Waals surface area contributed by atoms with E-state index in [1.165, 1.54) is 25.7 Å². The first kappa shape index (κ1) is 10.6. The molecule has 0 aliphatic heterocycles. The molecule has 1 aliphatic rings. The van der Waals surface area contributed by atoms with Crippen LogP contribution in [0.15, 0.2) is 21.7 Å². The molecule has 0 N–H and O–H groups in total. The Morgan fingerprint density at radius 3 is 2.93 bits per heavy atom. The summed E-state index contributed by atoms with van der Waals surface area (Å²) in [6.07, 6.45) is 11.3. The van der Waals surface area contributed by atoms with E-state index in [9.17, 15) is 0 Å². The molecular formula is C11H14BrN3. The van der Waals surface area contributed by atoms with Gasteiger partial charge in [0, 0.05) is 6.20 Å². The van der Waals surface area contributed by atoms with Crippen molar-refractivity contribution < 1.29 is 0 Å². The third kappa shape index (κ3) is 2.37. The van der Waals surface area contributed by atoms with Crippen molar-refractivity contribution in [3.63, 3.8) is 0 Å². The molecule has 2 rings (SSSR count). The van der Waals surface area contributed by atoms with E-state index in [0.717, 1.165) is 10.3 Å². The minimum Gasteiger partial charge on any atom is -0.244 e. The predicted molar refractivity (Wildman–Crippen MR) is 66.4 cm³/mol. The van der Waals surface area contributed by atoms with Gasteiger partial charge in [0.15, 0.2) is 5.82 Å². The van der Waals surface area contributed by atoms with Crippen LogP contribution < -0.4 is 0 Å². The van der Waals surface area contributed by atoms with Gasteiger partial charge in [-0.2, -0.15) is 5.10 Å². The van der Waals surface area contributed by atoms with Crippen molar-refractivity contribution in [1.29, 1.82) is 0 Å². The molecule has 0 aromatic carbocycles. The van der Waals surface area contributed by atoms with Crippen LogP contribution in [0.2, 0.25) is 0 Å². The summed E-state index contributed by atoms with van der Waals surface area (Å²) in [5, 5.41) is 4.20. The first-order valence-corrected chi connectivity index (χ1v) is 5.98. The van der Waals surface area contributed by atoms with Crippen molar-refractivity contribution >= 4 is 34.7 Å². The molecule has 15 heavy (non-hydrogen) atoms. The molecule has 1 heterocycles. The highest BCUT2D eigenvalue weighted by atomic mass is 79.9. The highest BCUT2D eigenvalue weighted by Gasteiger charge is 2.11. The van der Waals surface area contributed by atoms with Crippen LogP contribution in [0.4, 0.5) is 5.82 Å². The molecule has 4 heteroatoms. The quantitative estimate of drug-likeness (QED) is 0.770. The molecule has 0 atom stereocenters. The Balaban J connectivity index is 2.12. The number of nitrogens with zero attached hydrogens (tertiary/aromatic N) is 3. The van der Waals surface area contributed by atoms with Crippen LogP contribution in [-0.2, 0) is 0 Å². The summed E-state index contributed by atoms with van der Waals surface area (Å²) in [4.78, 5) is 3.93. The molecule has 80 valence electrons. The van der Waals surface area contributed by atoms with Gasteiger partial charge < -0.3 is 0 Å². The first-order chi connectivity index (χ1) is 7.31. The smallest absolute Gasteiger partial charge is 0.168 e. The second-order valence-corrected chi connectivity index (χ2v) is 4.66. The first-order valence-electron chi connectivity index (χ1n) is 5.19. The van der Waals surface area contributed by atoms with Crippen molar-refractivity contribution in [2.75, 3.05) is 0 Å². The molecule has 0 amide bonds. The average Bonchev–Trinajstić information content (AvgIpc) is 2.84. The molecule has 1 aromatic rings. The summed E-state index contributed by atoms with van der Waals surface area (Å²) < 4.78 is 2.64. The lowest BCUT2D eigenvalue weighted by atomic mass is 10.1. The van der Waals surface area contributed by atoms with Crippen LogP contribution in [-0.4, -0.2) is 16.5 Å². The molecule has 0 unspecified atom stereocenters. The van der Waals surface area contributed by atoms with E-state index in [1.54, 1.807) is 10.9 Å². The fourth-order valence-electron chi connectivity index (χ4n) is 1.94. The normalized spacial score (nSPS) is 17.7. The second kappa shape index (κ2) is 4.75. The van der Waals surface area contributed by atoms with Crippen LogP contribution in [0.1, 0.15) is 25.7 Å². The fourth-order valence-corrected chi connectivity index (χ4v) is 2.34. The van der Waals surface area contributed by atoms with E-state index >= 15 is 0 Å². The van der Waals surface area contributed by atoms with Crippen LogP contribution in [0, 0.1) is 5.92 Å². The molecule has 3 nitrogen and oxygen atoms in total. The Kier molecular flexibility index (Phi) is 3.36. The Morgan fingerprint density at radius 1 is 1.53 bits per heavy atom. The number of halogens is 1. The predicted octanol–water partition coefficient (Wildman–Crippen LogP) is 3.64. The van der Waals surface area contributed by atoms with Crippen LogP contribution in [0.3, 0.4) is 0 Å². The summed E-state index contributed by atoms with van der Waals surface area (Å²) in [6.45, 7) is 3.53. The summed E-state index contributed by atoms with van der Waals surface area (Å²) in [5.74, 6) is 1.48. The zero-order chi connectivity index (χ0) is 10.7. The standard InChI is InChI=1S/C11H14BrN3/c1-13-11-10(12)8-14-15(11)7-6-9-4-2-3-5-9/h6-9H,1-5H2/b7-6-. The van der Waals surface area contributed by atoms with Gasteiger partial charge in [0.2, 0.25) is 0 Å². The van der Waals surface area contributed by atoms with Gasteiger partial charge in [-0.25, -0.2) is 9.67 Å². The maximum atomic E-state index is 4.20. The highest BCUT2D eigenvalue weighted by molar-refractivity contribution is 9.10. The maximum Gasteiger partial charge on any atom is 0.168 e. The van der Waals surface area contributed by atoms with Gasteiger partial charge in [-0.05, 0) is 41.4 Å². The summed E-state index contributed by atoms with van der Waals surface area (Å²) in [6, 6.07) is 0. The van der Waals surface area contributed by atoms with E-state index in [2.05, 4.69) is 38.8 Å². The van der Waals surface area contributed by atoms with E-state index in [0.29, 0.717) is 5.92 Å². The topological polar surface area (TPSA) is 30.2 Å². The van der Waals surface area contributed by atoms with Gasteiger partial charge in [0.05, 0.1) is 10.7 Å². The Labute approximate surface area is 98.0 Å². The summed E-state index contributed by atoms with van der Waals surface area (Å²) in [5.41, 5.74) is 0. The van der Waals surface area contributed by atoms with E-state index < -0.39 is 0 Å². The van der Waals surface area contributed by atoms with Crippen molar-refractivity contribution in [2.45, 2.75) is 25.7 Å². The third-order valence-corrected chi connectivity index (χ3v) is 3.33.